The molecule has 0 unspecified atom stereocenters. The monoisotopic (exact) mass is 438 g/mol. The summed E-state index contributed by atoms with van der Waals surface area (Å²) in [7, 11) is 0. The van der Waals surface area contributed by atoms with Crippen LogP contribution >= 0.6 is 0 Å². The van der Waals surface area contributed by atoms with Crippen LogP contribution in [0.4, 0.5) is 9.18 Å². The molecule has 32 heavy (non-hydrogen) atoms. The number of carbonyl (C=O) groups excluding carboxylic acids is 1. The SMILES string of the molecule is Cc1nnn(-c2ccc(F)cc2)c1COc1ccc2c(n1)CCN(C(=O)NC1COC1)C2. The second kappa shape index (κ2) is 8.54. The first-order valence-corrected chi connectivity index (χ1v) is 10.5. The Morgan fingerprint density at radius 1 is 1.25 bits per heavy atom. The molecule has 1 fully saturated rings. The van der Waals surface area contributed by atoms with E-state index >= 15 is 0 Å². The number of halogens is 1. The standard InChI is InChI=1S/C22H23FN6O3/c1-14-20(29(27-26-14)18-5-3-16(23)4-6-18)13-32-21-7-2-15-10-28(9-8-19(15)25-21)22(30)24-17-11-31-12-17/h2-7,17H,8-13H2,1H3,(H,24,30). The van der Waals surface area contributed by atoms with Gasteiger partial charge in [-0.2, -0.15) is 0 Å². The zero-order chi connectivity index (χ0) is 22.1. The smallest absolute Gasteiger partial charge is 0.318 e. The highest BCUT2D eigenvalue weighted by Gasteiger charge is 2.26. The lowest BCUT2D eigenvalue weighted by Crippen LogP contribution is -2.53. The molecule has 1 N–H and O–H groups in total. The van der Waals surface area contributed by atoms with Crippen LogP contribution in [0.1, 0.15) is 22.6 Å². The summed E-state index contributed by atoms with van der Waals surface area (Å²) >= 11 is 0. The molecule has 0 saturated carbocycles. The van der Waals surface area contributed by atoms with Crippen LogP contribution in [0, 0.1) is 12.7 Å². The number of ether oxygens (including phenoxy) is 2. The lowest BCUT2D eigenvalue weighted by molar-refractivity contribution is -0.00226. The van der Waals surface area contributed by atoms with Crippen LogP contribution in [-0.2, 0) is 24.3 Å². The summed E-state index contributed by atoms with van der Waals surface area (Å²) in [5.41, 5.74) is 4.14. The van der Waals surface area contributed by atoms with E-state index in [-0.39, 0.29) is 24.5 Å². The first-order chi connectivity index (χ1) is 15.6. The number of fused-ring (bicyclic) bond motifs is 1. The lowest BCUT2D eigenvalue weighted by atomic mass is 10.1. The molecule has 166 valence electrons. The van der Waals surface area contributed by atoms with Crippen LogP contribution in [0.3, 0.4) is 0 Å². The normalized spacial score (nSPS) is 15.8. The highest BCUT2D eigenvalue weighted by Crippen LogP contribution is 2.22. The summed E-state index contributed by atoms with van der Waals surface area (Å²) in [4.78, 5) is 18.8. The molecule has 2 aliphatic rings. The highest BCUT2D eigenvalue weighted by atomic mass is 19.1. The average molecular weight is 438 g/mol. The minimum absolute atomic E-state index is 0.0682. The quantitative estimate of drug-likeness (QED) is 0.656. The second-order valence-electron chi connectivity index (χ2n) is 7.91. The van der Waals surface area contributed by atoms with Gasteiger partial charge >= 0.3 is 6.03 Å². The van der Waals surface area contributed by atoms with Crippen LogP contribution in [0.25, 0.3) is 5.69 Å². The number of pyridine rings is 1. The minimum atomic E-state index is -0.310. The van der Waals surface area contributed by atoms with Gasteiger partial charge in [-0.05, 0) is 36.8 Å². The molecule has 2 aliphatic heterocycles. The summed E-state index contributed by atoms with van der Waals surface area (Å²) in [6.45, 7) is 4.34. The van der Waals surface area contributed by atoms with Crippen molar-refractivity contribution in [2.75, 3.05) is 19.8 Å². The van der Waals surface area contributed by atoms with Gasteiger partial charge in [0.05, 0.1) is 36.3 Å². The van der Waals surface area contributed by atoms with Gasteiger partial charge in [-0.25, -0.2) is 18.9 Å². The Bertz CT molecular complexity index is 1130. The van der Waals surface area contributed by atoms with Gasteiger partial charge in [0, 0.05) is 25.6 Å². The zero-order valence-electron chi connectivity index (χ0n) is 17.6. The maximum atomic E-state index is 13.3. The molecule has 0 atom stereocenters. The number of benzene rings is 1. The fraction of sp³-hybridized carbons (Fsp3) is 0.364. The van der Waals surface area contributed by atoms with E-state index < -0.39 is 0 Å². The number of hydrogen-bond donors (Lipinski definition) is 1. The number of carbonyl (C=O) groups is 1. The molecule has 3 aromatic rings. The fourth-order valence-corrected chi connectivity index (χ4v) is 3.71. The van der Waals surface area contributed by atoms with E-state index in [0.717, 1.165) is 22.6 Å². The number of aromatic nitrogens is 4. The summed E-state index contributed by atoms with van der Waals surface area (Å²) in [5.74, 6) is 0.189. The van der Waals surface area contributed by atoms with Gasteiger partial charge < -0.3 is 19.7 Å². The number of amides is 2. The van der Waals surface area contributed by atoms with Gasteiger partial charge in [-0.3, -0.25) is 0 Å². The van der Waals surface area contributed by atoms with Crippen molar-refractivity contribution in [3.05, 3.63) is 64.9 Å². The van der Waals surface area contributed by atoms with E-state index in [4.69, 9.17) is 9.47 Å². The summed E-state index contributed by atoms with van der Waals surface area (Å²) in [5, 5.41) is 11.2. The second-order valence-corrected chi connectivity index (χ2v) is 7.91. The van der Waals surface area contributed by atoms with Crippen LogP contribution in [0.2, 0.25) is 0 Å². The van der Waals surface area contributed by atoms with Crippen molar-refractivity contribution in [3.63, 3.8) is 0 Å². The Kier molecular flexibility index (Phi) is 5.44. The minimum Gasteiger partial charge on any atom is -0.471 e. The Morgan fingerprint density at radius 3 is 2.81 bits per heavy atom. The molecule has 1 saturated heterocycles. The van der Waals surface area contributed by atoms with Crippen molar-refractivity contribution in [1.29, 1.82) is 0 Å². The Labute approximate surface area is 184 Å². The van der Waals surface area contributed by atoms with E-state index in [1.807, 2.05) is 13.0 Å². The van der Waals surface area contributed by atoms with Gasteiger partial charge in [-0.1, -0.05) is 11.3 Å². The molecule has 1 aromatic carbocycles. The van der Waals surface area contributed by atoms with Crippen LogP contribution < -0.4 is 10.1 Å². The molecule has 0 aliphatic carbocycles. The average Bonchev–Trinajstić information content (AvgIpc) is 3.15. The van der Waals surface area contributed by atoms with Crippen molar-refractivity contribution in [3.8, 4) is 11.6 Å². The summed E-state index contributed by atoms with van der Waals surface area (Å²) in [6, 6.07) is 9.85. The first kappa shape index (κ1) is 20.4. The Morgan fingerprint density at radius 2 is 2.06 bits per heavy atom. The number of nitrogens with zero attached hydrogens (tertiary/aromatic N) is 5. The van der Waals surface area contributed by atoms with Crippen LogP contribution in [0.15, 0.2) is 36.4 Å². The molecule has 4 heterocycles. The van der Waals surface area contributed by atoms with E-state index in [2.05, 4.69) is 20.6 Å². The Balaban J connectivity index is 1.25. The first-order valence-electron chi connectivity index (χ1n) is 10.5. The number of aryl methyl sites for hydroxylation is 1. The molecule has 0 spiro atoms. The molecule has 2 aromatic heterocycles. The van der Waals surface area contributed by atoms with Crippen molar-refractivity contribution < 1.29 is 18.7 Å². The topological polar surface area (TPSA) is 94.4 Å². The molecule has 2 amide bonds. The maximum absolute atomic E-state index is 13.3. The summed E-state index contributed by atoms with van der Waals surface area (Å²) < 4.78 is 25.9. The third-order valence-electron chi connectivity index (χ3n) is 5.66. The van der Waals surface area contributed by atoms with Crippen molar-refractivity contribution >= 4 is 6.03 Å². The highest BCUT2D eigenvalue weighted by molar-refractivity contribution is 5.75. The van der Waals surface area contributed by atoms with Crippen molar-refractivity contribution in [2.24, 2.45) is 0 Å². The van der Waals surface area contributed by atoms with E-state index in [1.165, 1.54) is 12.1 Å². The molecule has 5 rings (SSSR count). The lowest BCUT2D eigenvalue weighted by Gasteiger charge is -2.33. The van der Waals surface area contributed by atoms with Crippen LogP contribution in [0.5, 0.6) is 5.88 Å². The largest absolute Gasteiger partial charge is 0.471 e. The Hall–Kier alpha value is -3.53. The third kappa shape index (κ3) is 4.13. The predicted molar refractivity (Wildman–Crippen MR) is 112 cm³/mol. The molecule has 9 nitrogen and oxygen atoms in total. The molecular weight excluding hydrogens is 415 g/mol. The van der Waals surface area contributed by atoms with E-state index in [0.29, 0.717) is 44.3 Å². The predicted octanol–water partition coefficient (Wildman–Crippen LogP) is 2.16. The zero-order valence-corrected chi connectivity index (χ0v) is 17.6. The van der Waals surface area contributed by atoms with Gasteiger partial charge in [-0.15, -0.1) is 5.10 Å². The van der Waals surface area contributed by atoms with Crippen LogP contribution in [-0.4, -0.2) is 56.7 Å². The molecule has 0 bridgehead atoms. The van der Waals surface area contributed by atoms with Gasteiger partial charge in [0.15, 0.2) is 0 Å². The summed E-state index contributed by atoms with van der Waals surface area (Å²) in [6.07, 6.45) is 0.662. The maximum Gasteiger partial charge on any atom is 0.318 e. The van der Waals surface area contributed by atoms with E-state index in [1.54, 1.807) is 27.8 Å². The number of rotatable bonds is 5. The number of urea groups is 1. The van der Waals surface area contributed by atoms with Crippen molar-refractivity contribution in [2.45, 2.75) is 32.5 Å². The van der Waals surface area contributed by atoms with Gasteiger partial charge in [0.1, 0.15) is 18.1 Å². The molecule has 10 heteroatoms. The van der Waals surface area contributed by atoms with Gasteiger partial charge in [0.2, 0.25) is 5.88 Å². The molecular formula is C22H23FN6O3. The van der Waals surface area contributed by atoms with Crippen molar-refractivity contribution in [1.82, 2.24) is 30.2 Å². The number of hydrogen-bond acceptors (Lipinski definition) is 6. The van der Waals surface area contributed by atoms with E-state index in [9.17, 15) is 9.18 Å². The number of nitrogens with one attached hydrogen (secondary N) is 1. The van der Waals surface area contributed by atoms with Gasteiger partial charge in [0.25, 0.3) is 0 Å². The third-order valence-corrected chi connectivity index (χ3v) is 5.66. The fourth-order valence-electron chi connectivity index (χ4n) is 3.71. The molecule has 0 radical (unpaired) electrons.